The molecule has 20 heavy (non-hydrogen) atoms. The summed E-state index contributed by atoms with van der Waals surface area (Å²) in [5, 5.41) is 1.55. The van der Waals surface area contributed by atoms with E-state index in [0.29, 0.717) is 11.6 Å². The van der Waals surface area contributed by atoms with Crippen molar-refractivity contribution in [2.75, 3.05) is 0 Å². The van der Waals surface area contributed by atoms with E-state index in [1.54, 1.807) is 11.3 Å². The second kappa shape index (κ2) is 5.43. The fraction of sp³-hybridized carbons (Fsp3) is 0.200. The van der Waals surface area contributed by atoms with Crippen LogP contribution in [-0.4, -0.2) is 9.97 Å². The molecule has 5 heteroatoms. The lowest BCUT2D eigenvalue weighted by atomic mass is 10.1. The summed E-state index contributed by atoms with van der Waals surface area (Å²) in [5.74, 6) is 0.770. The molecule has 2 nitrogen and oxygen atoms in total. The van der Waals surface area contributed by atoms with E-state index in [1.807, 2.05) is 12.1 Å². The van der Waals surface area contributed by atoms with Gasteiger partial charge in [0.1, 0.15) is 15.8 Å². The van der Waals surface area contributed by atoms with Crippen molar-refractivity contribution in [2.45, 2.75) is 20.3 Å². The van der Waals surface area contributed by atoms with E-state index >= 15 is 0 Å². The van der Waals surface area contributed by atoms with Gasteiger partial charge in [-0.05, 0) is 37.1 Å². The predicted octanol–water partition coefficient (Wildman–Crippen LogP) is 5.31. The van der Waals surface area contributed by atoms with Gasteiger partial charge in [0.25, 0.3) is 0 Å². The van der Waals surface area contributed by atoms with Crippen molar-refractivity contribution < 1.29 is 0 Å². The molecule has 0 spiro atoms. The van der Waals surface area contributed by atoms with E-state index < -0.39 is 0 Å². The van der Waals surface area contributed by atoms with E-state index in [9.17, 15) is 0 Å². The van der Waals surface area contributed by atoms with Crippen molar-refractivity contribution in [1.82, 2.24) is 9.97 Å². The molecule has 0 aliphatic rings. The third kappa shape index (κ3) is 2.60. The number of benzene rings is 1. The summed E-state index contributed by atoms with van der Waals surface area (Å²) in [6, 6.07) is 8.18. The van der Waals surface area contributed by atoms with E-state index in [2.05, 4.69) is 51.9 Å². The molecule has 0 amide bonds. The normalized spacial score (nSPS) is 11.2. The first-order chi connectivity index (χ1) is 9.54. The molecule has 1 aromatic carbocycles. The lowest BCUT2D eigenvalue weighted by Crippen LogP contribution is -1.97. The number of aryl methyl sites for hydroxylation is 2. The van der Waals surface area contributed by atoms with Gasteiger partial charge in [0.15, 0.2) is 0 Å². The van der Waals surface area contributed by atoms with Crippen LogP contribution in [0.2, 0.25) is 5.15 Å². The van der Waals surface area contributed by atoms with Crippen LogP contribution in [0.1, 0.15) is 21.8 Å². The van der Waals surface area contributed by atoms with Crippen LogP contribution in [0.4, 0.5) is 0 Å². The number of rotatable bonds is 2. The van der Waals surface area contributed by atoms with Crippen molar-refractivity contribution in [3.8, 4) is 0 Å². The summed E-state index contributed by atoms with van der Waals surface area (Å²) in [6.45, 7) is 4.16. The Balaban J connectivity index is 2.02. The van der Waals surface area contributed by atoms with E-state index in [4.69, 9.17) is 11.6 Å². The lowest BCUT2D eigenvalue weighted by molar-refractivity contribution is 0.996. The molecule has 2 heterocycles. The average Bonchev–Trinajstić information content (AvgIpc) is 2.68. The van der Waals surface area contributed by atoms with Crippen molar-refractivity contribution in [2.24, 2.45) is 0 Å². The third-order valence-electron chi connectivity index (χ3n) is 3.31. The maximum atomic E-state index is 6.32. The monoisotopic (exact) mass is 366 g/mol. The largest absolute Gasteiger partial charge is 0.222 e. The summed E-state index contributed by atoms with van der Waals surface area (Å²) >= 11 is 11.4. The Hall–Kier alpha value is -0.970. The fourth-order valence-corrected chi connectivity index (χ4v) is 3.80. The van der Waals surface area contributed by atoms with Gasteiger partial charge in [-0.15, -0.1) is 11.3 Å². The molecule has 3 aromatic rings. The summed E-state index contributed by atoms with van der Waals surface area (Å²) in [6.07, 6.45) is 0.693. The lowest BCUT2D eigenvalue weighted by Gasteiger charge is -2.03. The molecule has 3 rings (SSSR count). The van der Waals surface area contributed by atoms with Crippen molar-refractivity contribution in [3.63, 3.8) is 0 Å². The Morgan fingerprint density at radius 2 is 1.85 bits per heavy atom. The summed E-state index contributed by atoms with van der Waals surface area (Å²) < 4.78 is 1.07. The Morgan fingerprint density at radius 3 is 2.55 bits per heavy atom. The molecule has 0 atom stereocenters. The second-order valence-electron chi connectivity index (χ2n) is 4.70. The topological polar surface area (TPSA) is 25.8 Å². The number of fused-ring (bicyclic) bond motifs is 1. The molecular formula is C15H12BrClN2S. The first-order valence-electron chi connectivity index (χ1n) is 6.21. The van der Waals surface area contributed by atoms with Crippen LogP contribution in [-0.2, 0) is 6.42 Å². The van der Waals surface area contributed by atoms with Gasteiger partial charge in [-0.1, -0.05) is 39.7 Å². The molecule has 0 radical (unpaired) electrons. The molecule has 2 aromatic heterocycles. The summed E-state index contributed by atoms with van der Waals surface area (Å²) in [4.78, 5) is 11.3. The van der Waals surface area contributed by atoms with Gasteiger partial charge in [-0.2, -0.15) is 0 Å². The molecular weight excluding hydrogens is 356 g/mol. The SMILES string of the molecule is Cc1sc2nc(Cc3ccc(Br)cc3)nc(Cl)c2c1C. The number of nitrogens with zero attached hydrogens (tertiary/aromatic N) is 2. The first-order valence-corrected chi connectivity index (χ1v) is 8.20. The van der Waals surface area contributed by atoms with Crippen molar-refractivity contribution >= 4 is 49.1 Å². The van der Waals surface area contributed by atoms with Gasteiger partial charge < -0.3 is 0 Å². The molecule has 102 valence electrons. The highest BCUT2D eigenvalue weighted by atomic mass is 79.9. The van der Waals surface area contributed by atoms with E-state index in [-0.39, 0.29) is 0 Å². The van der Waals surface area contributed by atoms with Gasteiger partial charge in [0.2, 0.25) is 0 Å². The standard InChI is InChI=1S/C15H12BrClN2S/c1-8-9(2)20-15-13(8)14(17)18-12(19-15)7-10-3-5-11(16)6-4-10/h3-6H,7H2,1-2H3. The van der Waals surface area contributed by atoms with Gasteiger partial charge >= 0.3 is 0 Å². The minimum Gasteiger partial charge on any atom is -0.222 e. The Bertz CT molecular complexity index is 781. The Morgan fingerprint density at radius 1 is 1.15 bits per heavy atom. The minimum absolute atomic E-state index is 0.559. The number of aromatic nitrogens is 2. The Labute approximate surface area is 135 Å². The van der Waals surface area contributed by atoms with Gasteiger partial charge in [0.05, 0.1) is 5.39 Å². The molecule has 0 unspecified atom stereocenters. The summed E-state index contributed by atoms with van der Waals surface area (Å²) in [5.41, 5.74) is 2.36. The molecule has 0 aliphatic heterocycles. The maximum absolute atomic E-state index is 6.32. The highest BCUT2D eigenvalue weighted by Crippen LogP contribution is 2.33. The molecule has 0 N–H and O–H groups in total. The van der Waals surface area contributed by atoms with Gasteiger partial charge in [-0.3, -0.25) is 0 Å². The molecule has 0 saturated heterocycles. The van der Waals surface area contributed by atoms with Crippen LogP contribution in [0.3, 0.4) is 0 Å². The van der Waals surface area contributed by atoms with Gasteiger partial charge in [-0.25, -0.2) is 9.97 Å². The van der Waals surface area contributed by atoms with Crippen LogP contribution in [0.15, 0.2) is 28.7 Å². The zero-order chi connectivity index (χ0) is 14.3. The van der Waals surface area contributed by atoms with Gasteiger partial charge in [0, 0.05) is 15.8 Å². The number of halogens is 2. The van der Waals surface area contributed by atoms with Crippen LogP contribution in [0.25, 0.3) is 10.2 Å². The highest BCUT2D eigenvalue weighted by molar-refractivity contribution is 9.10. The number of hydrogen-bond acceptors (Lipinski definition) is 3. The van der Waals surface area contributed by atoms with E-state index in [1.165, 1.54) is 16.0 Å². The Kier molecular flexibility index (Phi) is 3.80. The van der Waals surface area contributed by atoms with Crippen LogP contribution < -0.4 is 0 Å². The summed E-state index contributed by atoms with van der Waals surface area (Å²) in [7, 11) is 0. The highest BCUT2D eigenvalue weighted by Gasteiger charge is 2.13. The van der Waals surface area contributed by atoms with Crippen LogP contribution in [0.5, 0.6) is 0 Å². The average molecular weight is 368 g/mol. The maximum Gasteiger partial charge on any atom is 0.141 e. The molecule has 0 aliphatic carbocycles. The quantitative estimate of drug-likeness (QED) is 0.573. The van der Waals surface area contributed by atoms with Crippen molar-refractivity contribution in [1.29, 1.82) is 0 Å². The second-order valence-corrected chi connectivity index (χ2v) is 7.17. The molecule has 0 bridgehead atoms. The number of hydrogen-bond donors (Lipinski definition) is 0. The first kappa shape index (κ1) is 14.0. The van der Waals surface area contributed by atoms with Crippen LogP contribution in [0, 0.1) is 13.8 Å². The zero-order valence-corrected chi connectivity index (χ0v) is 14.2. The van der Waals surface area contributed by atoms with E-state index in [0.717, 1.165) is 20.5 Å². The molecule has 0 fully saturated rings. The fourth-order valence-electron chi connectivity index (χ4n) is 2.11. The van der Waals surface area contributed by atoms with Crippen molar-refractivity contribution in [3.05, 3.63) is 55.7 Å². The zero-order valence-electron chi connectivity index (χ0n) is 11.1. The van der Waals surface area contributed by atoms with Crippen LogP contribution >= 0.6 is 38.9 Å². The molecule has 0 saturated carbocycles. The number of thiophene rings is 1. The minimum atomic E-state index is 0.559. The third-order valence-corrected chi connectivity index (χ3v) is 5.21. The smallest absolute Gasteiger partial charge is 0.141 e. The predicted molar refractivity (Wildman–Crippen MR) is 88.8 cm³/mol.